The van der Waals surface area contributed by atoms with Gasteiger partial charge in [-0.2, -0.15) is 0 Å². The van der Waals surface area contributed by atoms with E-state index in [9.17, 15) is 9.59 Å². The van der Waals surface area contributed by atoms with Gasteiger partial charge in [0.1, 0.15) is 0 Å². The lowest BCUT2D eigenvalue weighted by Gasteiger charge is -2.46. The number of amides is 2. The van der Waals surface area contributed by atoms with Crippen molar-refractivity contribution < 1.29 is 14.3 Å². The minimum atomic E-state index is -0.134. The first kappa shape index (κ1) is 22.3. The molecule has 1 spiro atoms. The number of nitrogens with one attached hydrogen (secondary N) is 1. The predicted molar refractivity (Wildman–Crippen MR) is 121 cm³/mol. The maximum absolute atomic E-state index is 12.7. The molecule has 2 heterocycles. The van der Waals surface area contributed by atoms with E-state index in [-0.39, 0.29) is 11.5 Å². The molecule has 0 radical (unpaired) electrons. The van der Waals surface area contributed by atoms with Crippen LogP contribution in [0.25, 0.3) is 0 Å². The molecule has 31 heavy (non-hydrogen) atoms. The topological polar surface area (TPSA) is 58.6 Å². The number of ether oxygens (including phenoxy) is 1. The number of nitrogens with zero attached hydrogens (tertiary/aromatic N) is 1. The summed E-state index contributed by atoms with van der Waals surface area (Å²) < 4.78 is 6.25. The second-order valence-electron chi connectivity index (χ2n) is 9.93. The smallest absolute Gasteiger partial charge is 0.222 e. The molecule has 2 aliphatic heterocycles. The Bertz CT molecular complexity index is 721. The zero-order valence-electron chi connectivity index (χ0n) is 18.8. The number of likely N-dealkylation sites (tertiary alicyclic amines) is 1. The van der Waals surface area contributed by atoms with Crippen molar-refractivity contribution in [3.05, 3.63) is 35.9 Å². The molecule has 5 nitrogen and oxygen atoms in total. The van der Waals surface area contributed by atoms with Gasteiger partial charge >= 0.3 is 0 Å². The normalized spacial score (nSPS) is 23.7. The Labute approximate surface area is 186 Å². The molecule has 0 aromatic heterocycles. The Morgan fingerprint density at radius 3 is 2.52 bits per heavy atom. The largest absolute Gasteiger partial charge is 0.375 e. The molecule has 170 valence electrons. The Morgan fingerprint density at radius 2 is 1.77 bits per heavy atom. The second-order valence-corrected chi connectivity index (χ2v) is 9.93. The number of hydrogen-bond acceptors (Lipinski definition) is 3. The van der Waals surface area contributed by atoms with Crippen molar-refractivity contribution in [2.24, 2.45) is 11.8 Å². The highest BCUT2D eigenvalue weighted by Gasteiger charge is 2.41. The van der Waals surface area contributed by atoms with Crippen LogP contribution < -0.4 is 5.32 Å². The molecular weight excluding hydrogens is 388 g/mol. The van der Waals surface area contributed by atoms with Crippen LogP contribution in [0.15, 0.2) is 30.3 Å². The minimum Gasteiger partial charge on any atom is -0.375 e. The Kier molecular flexibility index (Phi) is 7.65. The first-order chi connectivity index (χ1) is 15.1. The van der Waals surface area contributed by atoms with Crippen molar-refractivity contribution in [2.75, 3.05) is 19.7 Å². The van der Waals surface area contributed by atoms with Gasteiger partial charge < -0.3 is 15.0 Å². The molecule has 1 atom stereocenters. The summed E-state index contributed by atoms with van der Waals surface area (Å²) in [6, 6.07) is 10.0. The average Bonchev–Trinajstić information content (AvgIpc) is 3.31. The monoisotopic (exact) mass is 426 g/mol. The van der Waals surface area contributed by atoms with Gasteiger partial charge in [0.05, 0.1) is 5.60 Å². The van der Waals surface area contributed by atoms with Gasteiger partial charge in [0.2, 0.25) is 11.8 Å². The fraction of sp³-hybridized carbons (Fsp3) is 0.692. The predicted octanol–water partition coefficient (Wildman–Crippen LogP) is 4.45. The van der Waals surface area contributed by atoms with Crippen LogP contribution in [-0.4, -0.2) is 42.0 Å². The average molecular weight is 427 g/mol. The molecule has 1 unspecified atom stereocenters. The van der Waals surface area contributed by atoms with E-state index < -0.39 is 0 Å². The van der Waals surface area contributed by atoms with Gasteiger partial charge in [-0.1, -0.05) is 56.0 Å². The molecule has 4 rings (SSSR count). The summed E-state index contributed by atoms with van der Waals surface area (Å²) in [5.74, 6) is 1.60. The van der Waals surface area contributed by atoms with E-state index in [1.807, 2.05) is 30.3 Å². The number of hydrogen-bond donors (Lipinski definition) is 1. The van der Waals surface area contributed by atoms with Crippen LogP contribution >= 0.6 is 0 Å². The lowest BCUT2D eigenvalue weighted by molar-refractivity contribution is -0.148. The highest BCUT2D eigenvalue weighted by atomic mass is 16.5. The Morgan fingerprint density at radius 1 is 1.03 bits per heavy atom. The molecule has 3 fully saturated rings. The third-order valence-corrected chi connectivity index (χ3v) is 7.67. The van der Waals surface area contributed by atoms with E-state index in [0.717, 1.165) is 63.3 Å². The Balaban J connectivity index is 1.19. The third-order valence-electron chi connectivity index (χ3n) is 7.67. The number of carbonyl (C=O) groups is 2. The van der Waals surface area contributed by atoms with Crippen LogP contribution in [0.5, 0.6) is 0 Å². The SMILES string of the molecule is O=C(CC1CCOC2(CCN(C(=O)CCC3CCCC3)CC2)C1)NCc1ccccc1. The highest BCUT2D eigenvalue weighted by molar-refractivity contribution is 5.76. The highest BCUT2D eigenvalue weighted by Crippen LogP contribution is 2.39. The van der Waals surface area contributed by atoms with Crippen molar-refractivity contribution in [2.45, 2.75) is 82.8 Å². The summed E-state index contributed by atoms with van der Waals surface area (Å²) >= 11 is 0. The zero-order valence-corrected chi connectivity index (χ0v) is 18.8. The van der Waals surface area contributed by atoms with Crippen molar-refractivity contribution in [3.63, 3.8) is 0 Å². The van der Waals surface area contributed by atoms with Gasteiger partial charge in [0.15, 0.2) is 0 Å². The van der Waals surface area contributed by atoms with Crippen LogP contribution in [-0.2, 0) is 20.9 Å². The van der Waals surface area contributed by atoms with E-state index in [1.54, 1.807) is 0 Å². The molecule has 0 bridgehead atoms. The van der Waals surface area contributed by atoms with E-state index in [1.165, 1.54) is 25.7 Å². The van der Waals surface area contributed by atoms with Gasteiger partial charge in [0, 0.05) is 39.1 Å². The number of carbonyl (C=O) groups excluding carboxylic acids is 2. The van der Waals surface area contributed by atoms with Crippen LogP contribution in [0.2, 0.25) is 0 Å². The lowest BCUT2D eigenvalue weighted by Crippen LogP contribution is -2.51. The van der Waals surface area contributed by atoms with Gasteiger partial charge in [-0.15, -0.1) is 0 Å². The fourth-order valence-corrected chi connectivity index (χ4v) is 5.73. The molecular formula is C26H38N2O3. The molecule has 1 saturated carbocycles. The van der Waals surface area contributed by atoms with Crippen molar-refractivity contribution >= 4 is 11.8 Å². The van der Waals surface area contributed by atoms with E-state index >= 15 is 0 Å². The summed E-state index contributed by atoms with van der Waals surface area (Å²) in [7, 11) is 0. The second kappa shape index (κ2) is 10.6. The number of rotatable bonds is 7. The van der Waals surface area contributed by atoms with E-state index in [4.69, 9.17) is 4.74 Å². The molecule has 3 aliphatic rings. The van der Waals surface area contributed by atoms with Gasteiger partial charge in [-0.3, -0.25) is 9.59 Å². The van der Waals surface area contributed by atoms with Crippen molar-refractivity contribution in [3.8, 4) is 0 Å². The van der Waals surface area contributed by atoms with Crippen molar-refractivity contribution in [1.29, 1.82) is 0 Å². The summed E-state index contributed by atoms with van der Waals surface area (Å²) in [4.78, 5) is 27.2. The molecule has 1 aromatic carbocycles. The third kappa shape index (κ3) is 6.31. The minimum absolute atomic E-state index is 0.130. The Hall–Kier alpha value is -1.88. The molecule has 2 saturated heterocycles. The maximum Gasteiger partial charge on any atom is 0.222 e. The molecule has 1 N–H and O–H groups in total. The lowest BCUT2D eigenvalue weighted by atomic mass is 9.78. The summed E-state index contributed by atoms with van der Waals surface area (Å²) in [5, 5.41) is 3.06. The number of piperidine rings is 1. The van der Waals surface area contributed by atoms with E-state index in [0.29, 0.717) is 31.2 Å². The van der Waals surface area contributed by atoms with Crippen LogP contribution in [0.1, 0.15) is 76.2 Å². The van der Waals surface area contributed by atoms with Gasteiger partial charge in [-0.05, 0) is 49.5 Å². The fourth-order valence-electron chi connectivity index (χ4n) is 5.73. The summed E-state index contributed by atoms with van der Waals surface area (Å²) in [6.45, 7) is 2.92. The number of benzene rings is 1. The van der Waals surface area contributed by atoms with Crippen LogP contribution in [0, 0.1) is 11.8 Å². The molecule has 2 amide bonds. The first-order valence-electron chi connectivity index (χ1n) is 12.3. The molecule has 5 heteroatoms. The maximum atomic E-state index is 12.7. The first-order valence-corrected chi connectivity index (χ1v) is 12.3. The van der Waals surface area contributed by atoms with Gasteiger partial charge in [-0.25, -0.2) is 0 Å². The quantitative estimate of drug-likeness (QED) is 0.701. The zero-order chi connectivity index (χ0) is 21.5. The summed E-state index contributed by atoms with van der Waals surface area (Å²) in [6.07, 6.45) is 11.4. The van der Waals surface area contributed by atoms with E-state index in [2.05, 4.69) is 10.2 Å². The van der Waals surface area contributed by atoms with Crippen molar-refractivity contribution in [1.82, 2.24) is 10.2 Å². The molecule has 1 aromatic rings. The standard InChI is InChI=1S/C26H38N2O3/c29-24(27-20-22-8-2-1-3-9-22)18-23-12-17-31-26(19-23)13-15-28(16-14-26)25(30)11-10-21-6-4-5-7-21/h1-3,8-9,21,23H,4-7,10-20H2,(H,27,29). The van der Waals surface area contributed by atoms with Crippen LogP contribution in [0.4, 0.5) is 0 Å². The summed E-state index contributed by atoms with van der Waals surface area (Å²) in [5.41, 5.74) is 0.995. The van der Waals surface area contributed by atoms with Gasteiger partial charge in [0.25, 0.3) is 0 Å². The van der Waals surface area contributed by atoms with Crippen LogP contribution in [0.3, 0.4) is 0 Å². The molecule has 1 aliphatic carbocycles.